The lowest BCUT2D eigenvalue weighted by Crippen LogP contribution is -2.08. The van der Waals surface area contributed by atoms with Gasteiger partial charge in [-0.2, -0.15) is 0 Å². The van der Waals surface area contributed by atoms with Crippen LogP contribution in [0.2, 0.25) is 0 Å². The van der Waals surface area contributed by atoms with E-state index in [2.05, 4.69) is 11.4 Å². The number of methoxy groups -OCH3 is 2. The molecule has 0 aromatic heterocycles. The Morgan fingerprint density at radius 2 is 2.06 bits per heavy atom. The third-order valence-electron chi connectivity index (χ3n) is 2.94. The molecule has 1 aromatic carbocycles. The average Bonchev–Trinajstić information content (AvgIpc) is 2.81. The predicted octanol–water partition coefficient (Wildman–Crippen LogP) is 2.20. The summed E-state index contributed by atoms with van der Waals surface area (Å²) in [5.41, 5.74) is 1.25. The van der Waals surface area contributed by atoms with Gasteiger partial charge in [0, 0.05) is 18.0 Å². The van der Waals surface area contributed by atoms with Crippen LogP contribution < -0.4 is 14.8 Å². The van der Waals surface area contributed by atoms with Crippen molar-refractivity contribution in [2.75, 3.05) is 27.3 Å². The van der Waals surface area contributed by atoms with Gasteiger partial charge in [-0.05, 0) is 31.2 Å². The molecule has 2 rings (SSSR count). The van der Waals surface area contributed by atoms with E-state index in [0.29, 0.717) is 5.92 Å². The maximum Gasteiger partial charge on any atom is 0.122 e. The number of ether oxygens (including phenoxy) is 2. The van der Waals surface area contributed by atoms with E-state index in [1.54, 1.807) is 14.2 Å². The summed E-state index contributed by atoms with van der Waals surface area (Å²) in [6.45, 7) is 2.12. The molecule has 1 saturated heterocycles. The molecule has 1 aliphatic heterocycles. The van der Waals surface area contributed by atoms with Crippen LogP contribution in [0, 0.1) is 0 Å². The number of nitrogens with one attached hydrogen (secondary N) is 1. The second kappa shape index (κ2) is 5.97. The highest BCUT2D eigenvalue weighted by Crippen LogP contribution is 2.33. The molecule has 1 N–H and O–H groups in total. The normalized spacial score (nSPS) is 19.0. The fourth-order valence-corrected chi connectivity index (χ4v) is 2.08. The maximum absolute atomic E-state index is 5.37. The molecular formula is C12H18ClNO2. The van der Waals surface area contributed by atoms with Gasteiger partial charge in [0.1, 0.15) is 11.5 Å². The number of hydrogen-bond acceptors (Lipinski definition) is 3. The Morgan fingerprint density at radius 3 is 2.62 bits per heavy atom. The van der Waals surface area contributed by atoms with Gasteiger partial charge < -0.3 is 14.8 Å². The number of benzene rings is 1. The van der Waals surface area contributed by atoms with Crippen molar-refractivity contribution in [3.8, 4) is 11.5 Å². The summed E-state index contributed by atoms with van der Waals surface area (Å²) >= 11 is 0. The van der Waals surface area contributed by atoms with E-state index in [1.807, 2.05) is 12.1 Å². The van der Waals surface area contributed by atoms with Gasteiger partial charge in [0.2, 0.25) is 0 Å². The fraction of sp³-hybridized carbons (Fsp3) is 0.500. The molecule has 3 nitrogen and oxygen atoms in total. The van der Waals surface area contributed by atoms with Gasteiger partial charge in [-0.25, -0.2) is 0 Å². The first-order valence-electron chi connectivity index (χ1n) is 5.28. The summed E-state index contributed by atoms with van der Waals surface area (Å²) in [5, 5.41) is 3.36. The summed E-state index contributed by atoms with van der Waals surface area (Å²) in [7, 11) is 3.41. The minimum atomic E-state index is 0. The Kier molecular flexibility index (Phi) is 4.90. The van der Waals surface area contributed by atoms with Crippen LogP contribution in [0.15, 0.2) is 18.2 Å². The Hall–Kier alpha value is -0.930. The molecular weight excluding hydrogens is 226 g/mol. The Bertz CT molecular complexity index is 338. The molecule has 0 radical (unpaired) electrons. The van der Waals surface area contributed by atoms with Crippen molar-refractivity contribution in [2.24, 2.45) is 0 Å². The van der Waals surface area contributed by atoms with Gasteiger partial charge in [-0.15, -0.1) is 12.4 Å². The van der Waals surface area contributed by atoms with Gasteiger partial charge >= 0.3 is 0 Å². The highest BCUT2D eigenvalue weighted by molar-refractivity contribution is 5.85. The van der Waals surface area contributed by atoms with E-state index in [-0.39, 0.29) is 12.4 Å². The van der Waals surface area contributed by atoms with Crippen LogP contribution in [0.3, 0.4) is 0 Å². The minimum absolute atomic E-state index is 0. The molecule has 0 spiro atoms. The van der Waals surface area contributed by atoms with Crippen molar-refractivity contribution in [3.05, 3.63) is 23.8 Å². The topological polar surface area (TPSA) is 30.5 Å². The Balaban J connectivity index is 0.00000128. The quantitative estimate of drug-likeness (QED) is 0.883. The van der Waals surface area contributed by atoms with Crippen molar-refractivity contribution in [2.45, 2.75) is 12.3 Å². The van der Waals surface area contributed by atoms with Crippen molar-refractivity contribution in [1.29, 1.82) is 0 Å². The molecule has 1 aliphatic rings. The van der Waals surface area contributed by atoms with Gasteiger partial charge in [0.05, 0.1) is 14.2 Å². The van der Waals surface area contributed by atoms with E-state index >= 15 is 0 Å². The number of rotatable bonds is 3. The highest BCUT2D eigenvalue weighted by Gasteiger charge is 2.20. The molecule has 1 unspecified atom stereocenters. The first-order valence-corrected chi connectivity index (χ1v) is 5.28. The molecule has 0 amide bonds. The van der Waals surface area contributed by atoms with E-state index in [9.17, 15) is 0 Å². The smallest absolute Gasteiger partial charge is 0.122 e. The fourth-order valence-electron chi connectivity index (χ4n) is 2.08. The Labute approximate surface area is 103 Å². The number of hydrogen-bond donors (Lipinski definition) is 1. The van der Waals surface area contributed by atoms with Crippen LogP contribution in [-0.2, 0) is 0 Å². The highest BCUT2D eigenvalue weighted by atomic mass is 35.5. The lowest BCUT2D eigenvalue weighted by atomic mass is 9.97. The van der Waals surface area contributed by atoms with Crippen molar-refractivity contribution in [1.82, 2.24) is 5.32 Å². The van der Waals surface area contributed by atoms with Crippen LogP contribution in [-0.4, -0.2) is 27.3 Å². The maximum atomic E-state index is 5.37. The first kappa shape index (κ1) is 13.1. The third kappa shape index (κ3) is 2.60. The van der Waals surface area contributed by atoms with Crippen LogP contribution >= 0.6 is 12.4 Å². The molecule has 0 bridgehead atoms. The van der Waals surface area contributed by atoms with Gasteiger partial charge in [-0.3, -0.25) is 0 Å². The molecule has 4 heteroatoms. The molecule has 16 heavy (non-hydrogen) atoms. The van der Waals surface area contributed by atoms with E-state index in [1.165, 1.54) is 12.0 Å². The second-order valence-electron chi connectivity index (χ2n) is 3.80. The SMILES string of the molecule is COc1ccc(OC)c(C2CCNC2)c1.Cl. The molecule has 1 fully saturated rings. The van der Waals surface area contributed by atoms with Gasteiger partial charge in [0.15, 0.2) is 0 Å². The largest absolute Gasteiger partial charge is 0.497 e. The molecule has 0 saturated carbocycles. The summed E-state index contributed by atoms with van der Waals surface area (Å²) in [5.74, 6) is 2.41. The summed E-state index contributed by atoms with van der Waals surface area (Å²) < 4.78 is 10.6. The van der Waals surface area contributed by atoms with Crippen LogP contribution in [0.1, 0.15) is 17.9 Å². The summed E-state index contributed by atoms with van der Waals surface area (Å²) in [6, 6.07) is 5.99. The van der Waals surface area contributed by atoms with Crippen LogP contribution in [0.5, 0.6) is 11.5 Å². The zero-order valence-corrected chi connectivity index (χ0v) is 10.5. The third-order valence-corrected chi connectivity index (χ3v) is 2.94. The van der Waals surface area contributed by atoms with Crippen molar-refractivity contribution in [3.63, 3.8) is 0 Å². The van der Waals surface area contributed by atoms with Crippen LogP contribution in [0.25, 0.3) is 0 Å². The standard InChI is InChI=1S/C12H17NO2.ClH/c1-14-10-3-4-12(15-2)11(7-10)9-5-6-13-8-9;/h3-4,7,9,13H,5-6,8H2,1-2H3;1H. The minimum Gasteiger partial charge on any atom is -0.497 e. The predicted molar refractivity (Wildman–Crippen MR) is 67.0 cm³/mol. The van der Waals surface area contributed by atoms with E-state index in [0.717, 1.165) is 24.6 Å². The van der Waals surface area contributed by atoms with Gasteiger partial charge in [-0.1, -0.05) is 0 Å². The molecule has 1 heterocycles. The lowest BCUT2D eigenvalue weighted by molar-refractivity contribution is 0.396. The molecule has 1 aromatic rings. The average molecular weight is 244 g/mol. The zero-order chi connectivity index (χ0) is 10.7. The first-order chi connectivity index (χ1) is 7.35. The molecule has 0 aliphatic carbocycles. The van der Waals surface area contributed by atoms with Crippen molar-refractivity contribution < 1.29 is 9.47 Å². The lowest BCUT2D eigenvalue weighted by Gasteiger charge is -2.14. The zero-order valence-electron chi connectivity index (χ0n) is 9.66. The molecule has 90 valence electrons. The number of halogens is 1. The van der Waals surface area contributed by atoms with Crippen LogP contribution in [0.4, 0.5) is 0 Å². The van der Waals surface area contributed by atoms with Gasteiger partial charge in [0.25, 0.3) is 0 Å². The summed E-state index contributed by atoms with van der Waals surface area (Å²) in [6.07, 6.45) is 1.17. The van der Waals surface area contributed by atoms with E-state index in [4.69, 9.17) is 9.47 Å². The monoisotopic (exact) mass is 243 g/mol. The summed E-state index contributed by atoms with van der Waals surface area (Å²) in [4.78, 5) is 0. The van der Waals surface area contributed by atoms with Crippen molar-refractivity contribution >= 4 is 12.4 Å². The second-order valence-corrected chi connectivity index (χ2v) is 3.80. The Morgan fingerprint density at radius 1 is 1.25 bits per heavy atom. The van der Waals surface area contributed by atoms with E-state index < -0.39 is 0 Å². The molecule has 1 atom stereocenters.